The Bertz CT molecular complexity index is 327. The number of anilines is 1. The smallest absolute Gasteiger partial charge is 0.119 e. The topological polar surface area (TPSA) is 56.5 Å². The molecular formula is C15H26N2O2. The number of nitrogens with two attached hydrogens (primary N) is 1. The molecule has 0 fully saturated rings. The van der Waals surface area contributed by atoms with Crippen LogP contribution in [0.5, 0.6) is 5.75 Å². The van der Waals surface area contributed by atoms with Crippen molar-refractivity contribution in [2.45, 2.75) is 32.2 Å². The highest BCUT2D eigenvalue weighted by atomic mass is 16.5. The Morgan fingerprint density at radius 1 is 1.26 bits per heavy atom. The average molecular weight is 266 g/mol. The monoisotopic (exact) mass is 266 g/mol. The first kappa shape index (κ1) is 15.8. The van der Waals surface area contributed by atoms with Gasteiger partial charge in [0.2, 0.25) is 0 Å². The quantitative estimate of drug-likeness (QED) is 0.683. The van der Waals surface area contributed by atoms with Crippen LogP contribution in [0.15, 0.2) is 24.3 Å². The Labute approximate surface area is 116 Å². The van der Waals surface area contributed by atoms with E-state index in [2.05, 4.69) is 12.2 Å². The van der Waals surface area contributed by atoms with Gasteiger partial charge in [-0.1, -0.05) is 6.92 Å². The molecular weight excluding hydrogens is 240 g/mol. The third-order valence-electron chi connectivity index (χ3n) is 2.82. The normalized spacial score (nSPS) is 12.2. The van der Waals surface area contributed by atoms with Crippen LogP contribution >= 0.6 is 0 Å². The van der Waals surface area contributed by atoms with Crippen molar-refractivity contribution in [3.63, 3.8) is 0 Å². The number of benzene rings is 1. The summed E-state index contributed by atoms with van der Waals surface area (Å²) in [7, 11) is 1.72. The Kier molecular flexibility index (Phi) is 8.02. The fraction of sp³-hybridized carbons (Fsp3) is 0.600. The fourth-order valence-electron chi connectivity index (χ4n) is 1.87. The lowest BCUT2D eigenvalue weighted by atomic mass is 10.1. The molecule has 1 rings (SSSR count). The third kappa shape index (κ3) is 6.45. The molecule has 0 saturated heterocycles. The molecule has 0 amide bonds. The number of hydrogen-bond acceptors (Lipinski definition) is 4. The minimum absolute atomic E-state index is 0.302. The van der Waals surface area contributed by atoms with E-state index in [0.29, 0.717) is 19.2 Å². The van der Waals surface area contributed by atoms with Crippen molar-refractivity contribution in [3.8, 4) is 5.75 Å². The van der Waals surface area contributed by atoms with Crippen LogP contribution in [0.1, 0.15) is 26.2 Å². The maximum Gasteiger partial charge on any atom is 0.119 e. The molecule has 1 aromatic rings. The molecule has 0 aliphatic heterocycles. The van der Waals surface area contributed by atoms with Crippen molar-refractivity contribution < 1.29 is 9.47 Å². The van der Waals surface area contributed by atoms with E-state index in [1.165, 1.54) is 0 Å². The van der Waals surface area contributed by atoms with Gasteiger partial charge < -0.3 is 20.5 Å². The largest absolute Gasteiger partial charge is 0.494 e. The summed E-state index contributed by atoms with van der Waals surface area (Å²) in [5.41, 5.74) is 6.63. The van der Waals surface area contributed by atoms with E-state index >= 15 is 0 Å². The van der Waals surface area contributed by atoms with Crippen LogP contribution in [0.25, 0.3) is 0 Å². The Morgan fingerprint density at radius 3 is 2.58 bits per heavy atom. The number of ether oxygens (including phenoxy) is 2. The van der Waals surface area contributed by atoms with Gasteiger partial charge in [-0.15, -0.1) is 0 Å². The summed E-state index contributed by atoms with van der Waals surface area (Å²) in [4.78, 5) is 0. The summed E-state index contributed by atoms with van der Waals surface area (Å²) in [5, 5.41) is 3.46. The molecule has 4 nitrogen and oxygen atoms in total. The molecule has 0 spiro atoms. The summed E-state index contributed by atoms with van der Waals surface area (Å²) in [5.74, 6) is 0.914. The Balaban J connectivity index is 2.48. The minimum Gasteiger partial charge on any atom is -0.494 e. The minimum atomic E-state index is 0.302. The van der Waals surface area contributed by atoms with Crippen molar-refractivity contribution in [1.29, 1.82) is 0 Å². The maximum absolute atomic E-state index is 5.56. The number of hydrogen-bond donors (Lipinski definition) is 2. The zero-order chi connectivity index (χ0) is 13.9. The van der Waals surface area contributed by atoms with Crippen molar-refractivity contribution in [2.24, 2.45) is 5.73 Å². The second kappa shape index (κ2) is 9.64. The summed E-state index contributed by atoms with van der Waals surface area (Å²) in [6, 6.07) is 8.36. The zero-order valence-corrected chi connectivity index (χ0v) is 12.0. The summed E-state index contributed by atoms with van der Waals surface area (Å²) >= 11 is 0. The Morgan fingerprint density at radius 2 is 2.00 bits per heavy atom. The molecule has 4 heteroatoms. The second-order valence-electron chi connectivity index (χ2n) is 4.60. The number of rotatable bonds is 10. The highest BCUT2D eigenvalue weighted by Gasteiger charge is 2.07. The van der Waals surface area contributed by atoms with Gasteiger partial charge in [0.1, 0.15) is 5.75 Å². The maximum atomic E-state index is 5.56. The summed E-state index contributed by atoms with van der Waals surface area (Å²) in [6.07, 6.45) is 3.03. The van der Waals surface area contributed by atoms with Gasteiger partial charge in [0, 0.05) is 18.8 Å². The molecule has 1 atom stereocenters. The van der Waals surface area contributed by atoms with Gasteiger partial charge in [0.15, 0.2) is 0 Å². The molecule has 1 aromatic carbocycles. The van der Waals surface area contributed by atoms with Crippen LogP contribution in [0, 0.1) is 0 Å². The van der Waals surface area contributed by atoms with E-state index < -0.39 is 0 Å². The molecule has 3 N–H and O–H groups in total. The molecule has 1 unspecified atom stereocenters. The number of nitrogens with one attached hydrogen (secondary N) is 1. The zero-order valence-electron chi connectivity index (χ0n) is 12.0. The summed E-state index contributed by atoms with van der Waals surface area (Å²) < 4.78 is 10.8. The predicted octanol–water partition coefficient (Wildman–Crippen LogP) is 2.64. The SMILES string of the molecule is CCCOc1ccc(NC(CCCN)COC)cc1. The first-order chi connectivity index (χ1) is 9.30. The van der Waals surface area contributed by atoms with Crippen LogP contribution in [0.3, 0.4) is 0 Å². The van der Waals surface area contributed by atoms with Gasteiger partial charge in [-0.2, -0.15) is 0 Å². The molecule has 0 aliphatic carbocycles. The van der Waals surface area contributed by atoms with Gasteiger partial charge in [0.25, 0.3) is 0 Å². The average Bonchev–Trinajstić information content (AvgIpc) is 2.44. The van der Waals surface area contributed by atoms with Crippen molar-refractivity contribution in [3.05, 3.63) is 24.3 Å². The summed E-state index contributed by atoms with van der Waals surface area (Å²) in [6.45, 7) is 4.26. The first-order valence-corrected chi connectivity index (χ1v) is 6.98. The van der Waals surface area contributed by atoms with Crippen molar-refractivity contribution in [1.82, 2.24) is 0 Å². The van der Waals surface area contributed by atoms with E-state index in [1.54, 1.807) is 7.11 Å². The van der Waals surface area contributed by atoms with E-state index in [9.17, 15) is 0 Å². The van der Waals surface area contributed by atoms with Gasteiger partial charge in [-0.25, -0.2) is 0 Å². The van der Waals surface area contributed by atoms with E-state index in [1.807, 2.05) is 24.3 Å². The van der Waals surface area contributed by atoms with Crippen LogP contribution in [-0.2, 0) is 4.74 Å². The van der Waals surface area contributed by atoms with Crippen molar-refractivity contribution in [2.75, 3.05) is 32.2 Å². The third-order valence-corrected chi connectivity index (χ3v) is 2.82. The molecule has 0 aliphatic rings. The van der Waals surface area contributed by atoms with Crippen LogP contribution in [0.4, 0.5) is 5.69 Å². The van der Waals surface area contributed by atoms with E-state index in [4.69, 9.17) is 15.2 Å². The lowest BCUT2D eigenvalue weighted by Gasteiger charge is -2.19. The van der Waals surface area contributed by atoms with Gasteiger partial charge >= 0.3 is 0 Å². The fourth-order valence-corrected chi connectivity index (χ4v) is 1.87. The lowest BCUT2D eigenvalue weighted by Crippen LogP contribution is -2.25. The van der Waals surface area contributed by atoms with Gasteiger partial charge in [0.05, 0.1) is 13.2 Å². The van der Waals surface area contributed by atoms with Gasteiger partial charge in [-0.3, -0.25) is 0 Å². The van der Waals surface area contributed by atoms with Gasteiger partial charge in [-0.05, 0) is 50.1 Å². The predicted molar refractivity (Wildman–Crippen MR) is 79.8 cm³/mol. The van der Waals surface area contributed by atoms with Crippen LogP contribution in [0.2, 0.25) is 0 Å². The second-order valence-corrected chi connectivity index (χ2v) is 4.60. The molecule has 0 radical (unpaired) electrons. The van der Waals surface area contributed by atoms with E-state index in [-0.39, 0.29) is 0 Å². The van der Waals surface area contributed by atoms with E-state index in [0.717, 1.165) is 37.3 Å². The lowest BCUT2D eigenvalue weighted by molar-refractivity contribution is 0.182. The Hall–Kier alpha value is -1.26. The highest BCUT2D eigenvalue weighted by molar-refractivity contribution is 5.47. The molecule has 0 bridgehead atoms. The highest BCUT2D eigenvalue weighted by Crippen LogP contribution is 2.17. The molecule has 0 heterocycles. The van der Waals surface area contributed by atoms with Crippen molar-refractivity contribution >= 4 is 5.69 Å². The molecule has 108 valence electrons. The molecule has 0 aromatic heterocycles. The molecule has 0 saturated carbocycles. The standard InChI is InChI=1S/C15H26N2O2/c1-3-11-19-15-8-6-13(7-9-15)17-14(12-18-2)5-4-10-16/h6-9,14,17H,3-5,10-12,16H2,1-2H3. The number of methoxy groups -OCH3 is 1. The van der Waals surface area contributed by atoms with Crippen LogP contribution < -0.4 is 15.8 Å². The molecule has 19 heavy (non-hydrogen) atoms. The van der Waals surface area contributed by atoms with Crippen LogP contribution in [-0.4, -0.2) is 32.9 Å². The first-order valence-electron chi connectivity index (χ1n) is 6.98.